The molecule has 31 heavy (non-hydrogen) atoms. The summed E-state index contributed by atoms with van der Waals surface area (Å²) in [4.78, 5) is 15.7. The van der Waals surface area contributed by atoms with Crippen molar-refractivity contribution in [2.75, 3.05) is 7.11 Å². The molecule has 3 aromatic rings. The summed E-state index contributed by atoms with van der Waals surface area (Å²) in [7, 11) is 1.56. The third-order valence-electron chi connectivity index (χ3n) is 4.18. The minimum atomic E-state index is -0.447. The van der Waals surface area contributed by atoms with Gasteiger partial charge in [0.1, 0.15) is 13.2 Å². The summed E-state index contributed by atoms with van der Waals surface area (Å²) in [6, 6.07) is 17.7. The van der Waals surface area contributed by atoms with E-state index in [0.29, 0.717) is 28.1 Å². The number of rotatable bonds is 9. The third kappa shape index (κ3) is 6.53. The molecule has 0 heterocycles. The lowest BCUT2D eigenvalue weighted by atomic mass is 10.2. The van der Waals surface area contributed by atoms with Crippen LogP contribution < -0.4 is 9.47 Å². The van der Waals surface area contributed by atoms with E-state index < -0.39 is 4.92 Å². The Kier molecular flexibility index (Phi) is 8.02. The lowest BCUT2D eigenvalue weighted by molar-refractivity contribution is -0.384. The van der Waals surface area contributed by atoms with Gasteiger partial charge in [0.2, 0.25) is 0 Å². The van der Waals surface area contributed by atoms with E-state index in [-0.39, 0.29) is 12.3 Å². The van der Waals surface area contributed by atoms with E-state index in [1.54, 1.807) is 25.3 Å². The number of oxime groups is 1. The Bertz CT molecular complexity index is 1090. The number of nitro groups is 1. The Balaban J connectivity index is 1.64. The Hall–Kier alpha value is -2.91. The van der Waals surface area contributed by atoms with Gasteiger partial charge in [0.15, 0.2) is 11.5 Å². The highest BCUT2D eigenvalue weighted by molar-refractivity contribution is 9.10. The van der Waals surface area contributed by atoms with Gasteiger partial charge in [-0.1, -0.05) is 45.4 Å². The molecule has 0 atom stereocenters. The van der Waals surface area contributed by atoms with Gasteiger partial charge in [-0.2, -0.15) is 0 Å². The number of nitrogens with zero attached hydrogens (tertiary/aromatic N) is 2. The molecule has 0 fully saturated rings. The molecule has 0 amide bonds. The van der Waals surface area contributed by atoms with E-state index >= 15 is 0 Å². The molecule has 0 aliphatic heterocycles. The van der Waals surface area contributed by atoms with Gasteiger partial charge in [-0.05, 0) is 51.3 Å². The fraction of sp³-hybridized carbons (Fsp3) is 0.136. The molecule has 0 radical (unpaired) electrons. The van der Waals surface area contributed by atoms with E-state index in [1.165, 1.54) is 18.3 Å². The van der Waals surface area contributed by atoms with Crippen LogP contribution in [0.4, 0.5) is 5.69 Å². The predicted octanol–water partition coefficient (Wildman–Crippen LogP) is 6.26. The summed E-state index contributed by atoms with van der Waals surface area (Å²) in [5, 5.41) is 14.8. The maximum absolute atomic E-state index is 10.8. The van der Waals surface area contributed by atoms with Crippen molar-refractivity contribution >= 4 is 43.8 Å². The zero-order valence-corrected chi connectivity index (χ0v) is 19.6. The lowest BCUT2D eigenvalue weighted by Crippen LogP contribution is -1.99. The highest BCUT2D eigenvalue weighted by atomic mass is 79.9. The van der Waals surface area contributed by atoms with Crippen molar-refractivity contribution in [3.8, 4) is 11.5 Å². The summed E-state index contributed by atoms with van der Waals surface area (Å²) in [5.74, 6) is 1.13. The predicted molar refractivity (Wildman–Crippen MR) is 125 cm³/mol. The first kappa shape index (κ1) is 22.8. The maximum Gasteiger partial charge on any atom is 0.269 e. The molecular weight excluding hydrogens is 532 g/mol. The first-order valence-corrected chi connectivity index (χ1v) is 10.7. The average Bonchev–Trinajstić information content (AvgIpc) is 2.77. The standard InChI is InChI=1S/C22H18Br2N2O5/c1-29-21-11-17(12-25-31-14-16-3-2-4-19(9-16)26(27)28)10-20(24)22(21)30-13-15-5-7-18(23)8-6-15/h2-12H,13-14H2,1H3/b25-12-. The van der Waals surface area contributed by atoms with Crippen LogP contribution in [0.15, 0.2) is 74.8 Å². The smallest absolute Gasteiger partial charge is 0.269 e. The molecule has 0 spiro atoms. The number of methoxy groups -OCH3 is 1. The molecule has 7 nitrogen and oxygen atoms in total. The number of halogens is 2. The van der Waals surface area contributed by atoms with Crippen molar-refractivity contribution < 1.29 is 19.2 Å². The van der Waals surface area contributed by atoms with Gasteiger partial charge in [0.05, 0.1) is 22.7 Å². The lowest BCUT2D eigenvalue weighted by Gasteiger charge is -2.13. The first-order valence-electron chi connectivity index (χ1n) is 9.09. The van der Waals surface area contributed by atoms with Crippen molar-refractivity contribution in [2.24, 2.45) is 5.16 Å². The SMILES string of the molecule is COc1cc(/C=N\OCc2cccc([N+](=O)[O-])c2)cc(Br)c1OCc1ccc(Br)cc1. The van der Waals surface area contributed by atoms with Gasteiger partial charge in [0, 0.05) is 22.2 Å². The van der Waals surface area contributed by atoms with Crippen LogP contribution in [0.2, 0.25) is 0 Å². The van der Waals surface area contributed by atoms with Crippen LogP contribution in [-0.2, 0) is 18.1 Å². The van der Waals surface area contributed by atoms with Crippen molar-refractivity contribution in [3.63, 3.8) is 0 Å². The second-order valence-electron chi connectivity index (χ2n) is 6.38. The number of hydrogen-bond donors (Lipinski definition) is 0. The van der Waals surface area contributed by atoms with Gasteiger partial charge in [0.25, 0.3) is 5.69 Å². The quantitative estimate of drug-likeness (QED) is 0.179. The van der Waals surface area contributed by atoms with Gasteiger partial charge in [-0.3, -0.25) is 10.1 Å². The molecule has 0 bridgehead atoms. The molecule has 3 aromatic carbocycles. The highest BCUT2D eigenvalue weighted by Crippen LogP contribution is 2.37. The molecule has 0 aliphatic carbocycles. The van der Waals surface area contributed by atoms with Gasteiger partial charge >= 0.3 is 0 Å². The Labute approximate surface area is 196 Å². The van der Waals surface area contributed by atoms with Crippen LogP contribution in [-0.4, -0.2) is 18.2 Å². The van der Waals surface area contributed by atoms with Gasteiger partial charge in [-0.15, -0.1) is 0 Å². The second-order valence-corrected chi connectivity index (χ2v) is 8.15. The second kappa shape index (κ2) is 10.9. The van der Waals surface area contributed by atoms with Crippen LogP contribution in [0.3, 0.4) is 0 Å². The van der Waals surface area contributed by atoms with Crippen molar-refractivity contribution in [3.05, 3.63) is 96.4 Å². The number of nitro benzene ring substituents is 1. The fourth-order valence-corrected chi connectivity index (χ4v) is 3.50. The molecule has 0 N–H and O–H groups in total. The molecule has 0 saturated carbocycles. The fourth-order valence-electron chi connectivity index (χ4n) is 2.66. The largest absolute Gasteiger partial charge is 0.493 e. The highest BCUT2D eigenvalue weighted by Gasteiger charge is 2.12. The molecule has 0 aliphatic rings. The number of benzene rings is 3. The number of ether oxygens (including phenoxy) is 2. The van der Waals surface area contributed by atoms with Crippen LogP contribution in [0.1, 0.15) is 16.7 Å². The Morgan fingerprint density at radius 1 is 1.03 bits per heavy atom. The molecule has 160 valence electrons. The third-order valence-corrected chi connectivity index (χ3v) is 5.29. The van der Waals surface area contributed by atoms with Crippen molar-refractivity contribution in [2.45, 2.75) is 13.2 Å². The summed E-state index contributed by atoms with van der Waals surface area (Å²) in [6.45, 7) is 0.507. The Morgan fingerprint density at radius 3 is 2.52 bits per heavy atom. The summed E-state index contributed by atoms with van der Waals surface area (Å²) in [5.41, 5.74) is 2.43. The average molecular weight is 550 g/mol. The van der Waals surface area contributed by atoms with Crippen molar-refractivity contribution in [1.82, 2.24) is 0 Å². The summed E-state index contributed by atoms with van der Waals surface area (Å²) < 4.78 is 13.1. The van der Waals surface area contributed by atoms with E-state index in [4.69, 9.17) is 14.3 Å². The van der Waals surface area contributed by atoms with E-state index in [1.807, 2.05) is 30.3 Å². The summed E-state index contributed by atoms with van der Waals surface area (Å²) >= 11 is 6.93. The summed E-state index contributed by atoms with van der Waals surface area (Å²) in [6.07, 6.45) is 1.53. The number of hydrogen-bond acceptors (Lipinski definition) is 6. The zero-order chi connectivity index (χ0) is 22.2. The molecule has 0 unspecified atom stereocenters. The molecule has 3 rings (SSSR count). The normalized spacial score (nSPS) is 10.8. The Morgan fingerprint density at radius 2 is 1.81 bits per heavy atom. The minimum absolute atomic E-state index is 0.0115. The van der Waals surface area contributed by atoms with Crippen LogP contribution in [0.5, 0.6) is 11.5 Å². The van der Waals surface area contributed by atoms with Crippen LogP contribution in [0, 0.1) is 10.1 Å². The van der Waals surface area contributed by atoms with E-state index in [2.05, 4.69) is 37.0 Å². The molecule has 0 saturated heterocycles. The molecular formula is C22H18Br2N2O5. The van der Waals surface area contributed by atoms with E-state index in [0.717, 1.165) is 15.6 Å². The van der Waals surface area contributed by atoms with Gasteiger partial charge in [-0.25, -0.2) is 0 Å². The molecule has 0 aromatic heterocycles. The van der Waals surface area contributed by atoms with Crippen LogP contribution in [0.25, 0.3) is 0 Å². The minimum Gasteiger partial charge on any atom is -0.493 e. The van der Waals surface area contributed by atoms with Gasteiger partial charge < -0.3 is 14.3 Å². The maximum atomic E-state index is 10.8. The number of non-ortho nitro benzene ring substituents is 1. The monoisotopic (exact) mass is 548 g/mol. The first-order chi connectivity index (χ1) is 15.0. The zero-order valence-electron chi connectivity index (χ0n) is 16.5. The van der Waals surface area contributed by atoms with E-state index in [9.17, 15) is 10.1 Å². The van der Waals surface area contributed by atoms with Crippen LogP contribution >= 0.6 is 31.9 Å². The van der Waals surface area contributed by atoms with Crippen molar-refractivity contribution in [1.29, 1.82) is 0 Å². The molecule has 9 heteroatoms. The topological polar surface area (TPSA) is 83.2 Å².